The van der Waals surface area contributed by atoms with Crippen molar-refractivity contribution in [1.82, 2.24) is 20.3 Å². The van der Waals surface area contributed by atoms with Crippen LogP contribution in [0, 0.1) is 5.82 Å². The van der Waals surface area contributed by atoms with Crippen molar-refractivity contribution < 1.29 is 38.1 Å². The lowest BCUT2D eigenvalue weighted by Gasteiger charge is -2.25. The number of hydrogen-bond donors (Lipinski definition) is 2. The smallest absolute Gasteiger partial charge is 0.346 e. The Kier molecular flexibility index (Phi) is 6.07. The van der Waals surface area contributed by atoms with Gasteiger partial charge in [-0.2, -0.15) is 4.68 Å². The van der Waals surface area contributed by atoms with Crippen molar-refractivity contribution in [3.63, 3.8) is 0 Å². The highest BCUT2D eigenvalue weighted by atomic mass is 19.1. The Hall–Kier alpha value is -3.64. The van der Waals surface area contributed by atoms with E-state index in [0.717, 1.165) is 28.7 Å². The SMILES string of the molecule is O=C1CC2(O)CC(=O)OC(CCCC3CC(c4ccc(F)cc4)=CCN3)n3nnc(c3OC2=O)O1. The largest absolute Gasteiger partial charge is 0.439 e. The van der Waals surface area contributed by atoms with E-state index < -0.39 is 42.6 Å². The third-order valence-electron chi connectivity index (χ3n) is 6.26. The predicted molar refractivity (Wildman–Crippen MR) is 115 cm³/mol. The van der Waals surface area contributed by atoms with Gasteiger partial charge in [0.2, 0.25) is 0 Å². The van der Waals surface area contributed by atoms with E-state index in [1.807, 2.05) is 0 Å². The Balaban J connectivity index is 1.29. The molecule has 0 spiro atoms. The molecule has 2 bridgehead atoms. The number of ether oxygens (including phenoxy) is 3. The Morgan fingerprint density at radius 3 is 2.69 bits per heavy atom. The molecule has 3 atom stereocenters. The summed E-state index contributed by atoms with van der Waals surface area (Å²) in [5, 5.41) is 21.6. The number of fused-ring (bicyclic) bond motifs is 2. The number of rotatable bonds is 5. The first-order chi connectivity index (χ1) is 16.8. The van der Waals surface area contributed by atoms with Crippen molar-refractivity contribution in [3.05, 3.63) is 41.7 Å². The summed E-state index contributed by atoms with van der Waals surface area (Å²) in [6.45, 7) is 0.673. The fourth-order valence-corrected chi connectivity index (χ4v) is 4.46. The second-order valence-corrected chi connectivity index (χ2v) is 8.81. The first-order valence-electron chi connectivity index (χ1n) is 11.3. The molecule has 0 radical (unpaired) electrons. The Morgan fingerprint density at radius 2 is 1.89 bits per heavy atom. The first-order valence-corrected chi connectivity index (χ1v) is 11.3. The number of hydrogen-bond acceptors (Lipinski definition) is 10. The fraction of sp³-hybridized carbons (Fsp3) is 0.435. The fourth-order valence-electron chi connectivity index (χ4n) is 4.46. The zero-order valence-electron chi connectivity index (χ0n) is 18.6. The van der Waals surface area contributed by atoms with E-state index >= 15 is 0 Å². The van der Waals surface area contributed by atoms with E-state index in [1.54, 1.807) is 12.1 Å². The van der Waals surface area contributed by atoms with Gasteiger partial charge < -0.3 is 24.6 Å². The monoisotopic (exact) mass is 486 g/mol. The van der Waals surface area contributed by atoms with Crippen LogP contribution in [0.3, 0.4) is 0 Å². The molecule has 12 heteroatoms. The number of benzene rings is 1. The lowest BCUT2D eigenvalue weighted by molar-refractivity contribution is -0.172. The van der Waals surface area contributed by atoms with Crippen molar-refractivity contribution >= 4 is 23.5 Å². The zero-order chi connectivity index (χ0) is 24.6. The highest BCUT2D eigenvalue weighted by Crippen LogP contribution is 2.36. The second kappa shape index (κ2) is 9.19. The first kappa shape index (κ1) is 23.1. The van der Waals surface area contributed by atoms with Crippen LogP contribution in [0.4, 0.5) is 4.39 Å². The summed E-state index contributed by atoms with van der Waals surface area (Å²) in [5.41, 5.74) is -0.320. The summed E-state index contributed by atoms with van der Waals surface area (Å²) in [6.07, 6.45) is 1.92. The number of aromatic nitrogens is 3. The molecule has 3 aliphatic heterocycles. The number of cyclic esters (lactones) is 1. The van der Waals surface area contributed by atoms with Gasteiger partial charge in [0.25, 0.3) is 5.88 Å². The van der Waals surface area contributed by atoms with Crippen LogP contribution in [0.5, 0.6) is 11.8 Å². The number of nitrogens with one attached hydrogen (secondary N) is 1. The van der Waals surface area contributed by atoms with Gasteiger partial charge in [-0.05, 0) is 42.5 Å². The van der Waals surface area contributed by atoms with Crippen LogP contribution in [0.1, 0.15) is 50.3 Å². The molecule has 3 unspecified atom stereocenters. The van der Waals surface area contributed by atoms with Gasteiger partial charge in [-0.1, -0.05) is 28.5 Å². The third-order valence-corrected chi connectivity index (χ3v) is 6.26. The maximum absolute atomic E-state index is 13.3. The molecule has 184 valence electrons. The molecule has 11 nitrogen and oxygen atoms in total. The highest BCUT2D eigenvalue weighted by Gasteiger charge is 2.48. The number of nitrogens with zero attached hydrogens (tertiary/aromatic N) is 3. The molecule has 35 heavy (non-hydrogen) atoms. The Bertz CT molecular complexity index is 1190. The molecule has 3 aliphatic rings. The van der Waals surface area contributed by atoms with Crippen LogP contribution < -0.4 is 14.8 Å². The summed E-state index contributed by atoms with van der Waals surface area (Å²) >= 11 is 0. The van der Waals surface area contributed by atoms with Gasteiger partial charge in [0.15, 0.2) is 11.8 Å². The van der Waals surface area contributed by atoms with Crippen LogP contribution >= 0.6 is 0 Å². The molecule has 2 N–H and O–H groups in total. The zero-order valence-corrected chi connectivity index (χ0v) is 18.6. The van der Waals surface area contributed by atoms with E-state index in [9.17, 15) is 23.9 Å². The van der Waals surface area contributed by atoms with Crippen molar-refractivity contribution in [2.75, 3.05) is 6.54 Å². The van der Waals surface area contributed by atoms with E-state index in [1.165, 1.54) is 12.1 Å². The molecule has 4 heterocycles. The van der Waals surface area contributed by atoms with E-state index in [0.29, 0.717) is 19.4 Å². The molecular weight excluding hydrogens is 463 g/mol. The lowest BCUT2D eigenvalue weighted by atomic mass is 9.92. The van der Waals surface area contributed by atoms with Crippen molar-refractivity contribution in [3.8, 4) is 11.8 Å². The molecule has 5 rings (SSSR count). The van der Waals surface area contributed by atoms with Crippen LogP contribution in [-0.4, -0.2) is 56.2 Å². The minimum Gasteiger partial charge on any atom is -0.439 e. The van der Waals surface area contributed by atoms with Crippen molar-refractivity contribution in [2.24, 2.45) is 0 Å². The standard InChI is InChI=1S/C23H23FN4O7/c24-15-6-4-13(5-7-15)14-8-9-25-16(10-14)2-1-3-17-28-21-20(26-27-28)34-19(30)12-23(32,22(31)35-21)11-18(29)33-17/h4-8,16-17,25,32H,1-3,9-12H2. The van der Waals surface area contributed by atoms with Crippen LogP contribution in [-0.2, 0) is 19.1 Å². The maximum Gasteiger partial charge on any atom is 0.346 e. The number of halogens is 1. The number of aliphatic hydroxyl groups is 1. The number of carbonyl (C=O) groups excluding carboxylic acids is 3. The van der Waals surface area contributed by atoms with Gasteiger partial charge >= 0.3 is 23.8 Å². The van der Waals surface area contributed by atoms with E-state index in [-0.39, 0.29) is 23.6 Å². The average molecular weight is 486 g/mol. The summed E-state index contributed by atoms with van der Waals surface area (Å²) in [5.74, 6) is -3.93. The molecule has 0 saturated heterocycles. The summed E-state index contributed by atoms with van der Waals surface area (Å²) in [4.78, 5) is 37.1. The molecular formula is C23H23FN4O7. The Morgan fingerprint density at radius 1 is 1.11 bits per heavy atom. The van der Waals surface area contributed by atoms with Gasteiger partial charge in [-0.3, -0.25) is 9.59 Å². The van der Waals surface area contributed by atoms with Gasteiger partial charge in [-0.25, -0.2) is 9.18 Å². The normalized spacial score (nSPS) is 26.3. The quantitative estimate of drug-likeness (QED) is 0.596. The maximum atomic E-state index is 13.3. The molecule has 0 aliphatic carbocycles. The third kappa shape index (κ3) is 4.80. The van der Waals surface area contributed by atoms with Crippen LogP contribution in [0.25, 0.3) is 5.57 Å². The minimum atomic E-state index is -2.41. The second-order valence-electron chi connectivity index (χ2n) is 8.81. The van der Waals surface area contributed by atoms with E-state index in [4.69, 9.17) is 14.2 Å². The van der Waals surface area contributed by atoms with Gasteiger partial charge in [0, 0.05) is 19.0 Å². The average Bonchev–Trinajstić information content (AvgIpc) is 3.19. The number of esters is 3. The lowest BCUT2D eigenvalue weighted by Crippen LogP contribution is -2.47. The summed E-state index contributed by atoms with van der Waals surface area (Å²) in [6, 6.07) is 6.53. The molecule has 0 saturated carbocycles. The van der Waals surface area contributed by atoms with Crippen LogP contribution in [0.15, 0.2) is 30.3 Å². The molecule has 1 aromatic heterocycles. The summed E-state index contributed by atoms with van der Waals surface area (Å²) in [7, 11) is 0. The molecule has 0 amide bonds. The van der Waals surface area contributed by atoms with Gasteiger partial charge in [-0.15, -0.1) is 0 Å². The van der Waals surface area contributed by atoms with Crippen LogP contribution in [0.2, 0.25) is 0 Å². The molecule has 2 aromatic rings. The molecule has 1 aromatic carbocycles. The minimum absolute atomic E-state index is 0.142. The number of carbonyl (C=O) groups is 3. The van der Waals surface area contributed by atoms with Gasteiger partial charge in [0.1, 0.15) is 5.82 Å². The topological polar surface area (TPSA) is 142 Å². The predicted octanol–water partition coefficient (Wildman–Crippen LogP) is 1.42. The molecule has 0 fully saturated rings. The highest BCUT2D eigenvalue weighted by molar-refractivity contribution is 5.92. The van der Waals surface area contributed by atoms with Crippen molar-refractivity contribution in [2.45, 2.75) is 56.4 Å². The van der Waals surface area contributed by atoms with Gasteiger partial charge in [0.05, 0.1) is 12.8 Å². The summed E-state index contributed by atoms with van der Waals surface area (Å²) < 4.78 is 30.1. The van der Waals surface area contributed by atoms with Crippen molar-refractivity contribution in [1.29, 1.82) is 0 Å². The Labute approximate surface area is 198 Å². The van der Waals surface area contributed by atoms with E-state index in [2.05, 4.69) is 21.7 Å².